The molecule has 1 heterocycles. The lowest BCUT2D eigenvalue weighted by atomic mass is 9.60. The number of ether oxygens (including phenoxy) is 1. The highest BCUT2D eigenvalue weighted by Crippen LogP contribution is 2.52. The van der Waals surface area contributed by atoms with E-state index in [2.05, 4.69) is 5.32 Å². The SMILES string of the molecule is CC1=C(C(=O)Nc2ccccc2)C2(CCCCC2)[C@@H](C(N)=S)C(=N)O1. The Morgan fingerprint density at radius 1 is 1.28 bits per heavy atom. The number of nitrogens with two attached hydrogens (primary N) is 1. The van der Waals surface area contributed by atoms with E-state index in [9.17, 15) is 4.79 Å². The Morgan fingerprint density at radius 3 is 2.52 bits per heavy atom. The van der Waals surface area contributed by atoms with Crippen LogP contribution >= 0.6 is 12.2 Å². The number of carbonyl (C=O) groups excluding carboxylic acids is 1. The number of amides is 1. The summed E-state index contributed by atoms with van der Waals surface area (Å²) in [4.78, 5) is 13.3. The van der Waals surface area contributed by atoms with Gasteiger partial charge in [-0.25, -0.2) is 0 Å². The lowest BCUT2D eigenvalue weighted by Gasteiger charge is -2.47. The molecular weight excluding hydrogens is 334 g/mol. The van der Waals surface area contributed by atoms with Crippen molar-refractivity contribution in [3.8, 4) is 0 Å². The number of nitrogens with one attached hydrogen (secondary N) is 2. The highest BCUT2D eigenvalue weighted by molar-refractivity contribution is 7.80. The normalized spacial score (nSPS) is 22.4. The average Bonchev–Trinajstić information content (AvgIpc) is 2.55. The van der Waals surface area contributed by atoms with Crippen molar-refractivity contribution in [2.45, 2.75) is 39.0 Å². The van der Waals surface area contributed by atoms with E-state index in [0.717, 1.165) is 37.8 Å². The molecule has 2 aliphatic rings. The smallest absolute Gasteiger partial charge is 0.255 e. The van der Waals surface area contributed by atoms with Crippen molar-refractivity contribution in [1.82, 2.24) is 0 Å². The first-order valence-corrected chi connectivity index (χ1v) is 9.00. The van der Waals surface area contributed by atoms with Gasteiger partial charge in [-0.3, -0.25) is 10.2 Å². The van der Waals surface area contributed by atoms with E-state index in [1.165, 1.54) is 0 Å². The molecule has 1 fully saturated rings. The van der Waals surface area contributed by atoms with Gasteiger partial charge in [0.15, 0.2) is 5.90 Å². The summed E-state index contributed by atoms with van der Waals surface area (Å²) < 4.78 is 5.59. The largest absolute Gasteiger partial charge is 0.447 e. The molecule has 1 saturated carbocycles. The summed E-state index contributed by atoms with van der Waals surface area (Å²) in [6.45, 7) is 1.75. The summed E-state index contributed by atoms with van der Waals surface area (Å²) in [6, 6.07) is 9.34. The fourth-order valence-corrected chi connectivity index (χ4v) is 4.58. The van der Waals surface area contributed by atoms with E-state index < -0.39 is 11.3 Å². The van der Waals surface area contributed by atoms with E-state index in [-0.39, 0.29) is 16.8 Å². The van der Waals surface area contributed by atoms with Crippen LogP contribution in [0.5, 0.6) is 0 Å². The van der Waals surface area contributed by atoms with Crippen LogP contribution in [-0.4, -0.2) is 16.8 Å². The maximum Gasteiger partial charge on any atom is 0.255 e. The van der Waals surface area contributed by atoms with E-state index in [1.807, 2.05) is 30.3 Å². The molecule has 1 spiro atoms. The van der Waals surface area contributed by atoms with Crippen LogP contribution in [-0.2, 0) is 9.53 Å². The van der Waals surface area contributed by atoms with Gasteiger partial charge in [0.2, 0.25) is 0 Å². The minimum Gasteiger partial charge on any atom is -0.447 e. The number of hydrogen-bond acceptors (Lipinski definition) is 4. The van der Waals surface area contributed by atoms with Gasteiger partial charge in [0.1, 0.15) is 5.76 Å². The Morgan fingerprint density at radius 2 is 1.92 bits per heavy atom. The number of thiocarbonyl (C=S) groups is 1. The maximum absolute atomic E-state index is 13.1. The van der Waals surface area contributed by atoms with E-state index in [0.29, 0.717) is 11.3 Å². The van der Waals surface area contributed by atoms with Gasteiger partial charge in [-0.1, -0.05) is 49.7 Å². The van der Waals surface area contributed by atoms with Gasteiger partial charge in [-0.05, 0) is 31.9 Å². The minimum atomic E-state index is -0.539. The van der Waals surface area contributed by atoms with Gasteiger partial charge in [0, 0.05) is 11.1 Å². The topological polar surface area (TPSA) is 88.2 Å². The molecule has 5 nitrogen and oxygen atoms in total. The second-order valence-electron chi connectivity index (χ2n) is 6.77. The van der Waals surface area contributed by atoms with Crippen LogP contribution in [0.15, 0.2) is 41.7 Å². The Bertz CT molecular complexity index is 736. The van der Waals surface area contributed by atoms with Crippen LogP contribution in [0, 0.1) is 16.7 Å². The molecule has 4 N–H and O–H groups in total. The summed E-state index contributed by atoms with van der Waals surface area (Å²) in [5.74, 6) is -0.182. The highest BCUT2D eigenvalue weighted by atomic mass is 32.1. The molecule has 1 aromatic rings. The first-order valence-electron chi connectivity index (χ1n) is 8.59. The lowest BCUT2D eigenvalue weighted by Crippen LogP contribution is -2.51. The molecule has 6 heteroatoms. The van der Waals surface area contributed by atoms with E-state index >= 15 is 0 Å². The van der Waals surface area contributed by atoms with Crippen LogP contribution in [0.1, 0.15) is 39.0 Å². The predicted molar refractivity (Wildman–Crippen MR) is 102 cm³/mol. The Kier molecular flexibility index (Phi) is 4.90. The third-order valence-electron chi connectivity index (χ3n) is 5.22. The van der Waals surface area contributed by atoms with Gasteiger partial charge >= 0.3 is 0 Å². The quantitative estimate of drug-likeness (QED) is 0.719. The van der Waals surface area contributed by atoms with Crippen LogP contribution in [0.3, 0.4) is 0 Å². The number of rotatable bonds is 3. The summed E-state index contributed by atoms with van der Waals surface area (Å²) >= 11 is 5.26. The molecule has 0 radical (unpaired) electrons. The monoisotopic (exact) mass is 357 g/mol. The Hall–Kier alpha value is -2.21. The van der Waals surface area contributed by atoms with Crippen LogP contribution < -0.4 is 11.1 Å². The fourth-order valence-electron chi connectivity index (χ4n) is 4.24. The van der Waals surface area contributed by atoms with Gasteiger partial charge in [-0.15, -0.1) is 0 Å². The van der Waals surface area contributed by atoms with Crippen molar-refractivity contribution in [3.05, 3.63) is 41.7 Å². The van der Waals surface area contributed by atoms with Gasteiger partial charge in [-0.2, -0.15) is 0 Å². The van der Waals surface area contributed by atoms with E-state index in [4.69, 9.17) is 28.1 Å². The molecule has 0 bridgehead atoms. The van der Waals surface area contributed by atoms with Crippen molar-refractivity contribution < 1.29 is 9.53 Å². The van der Waals surface area contributed by atoms with Crippen LogP contribution in [0.4, 0.5) is 5.69 Å². The molecule has 0 saturated heterocycles. The highest BCUT2D eigenvalue weighted by Gasteiger charge is 2.53. The van der Waals surface area contributed by atoms with Crippen LogP contribution in [0.25, 0.3) is 0 Å². The molecule has 1 amide bonds. The summed E-state index contributed by atoms with van der Waals surface area (Å²) in [7, 11) is 0. The minimum absolute atomic E-state index is 0.0585. The fraction of sp³-hybridized carbons (Fsp3) is 0.421. The zero-order valence-corrected chi connectivity index (χ0v) is 15.1. The molecule has 1 aliphatic heterocycles. The lowest BCUT2D eigenvalue weighted by molar-refractivity contribution is -0.114. The van der Waals surface area contributed by atoms with E-state index in [1.54, 1.807) is 6.92 Å². The van der Waals surface area contributed by atoms with Crippen molar-refractivity contribution in [2.24, 2.45) is 17.1 Å². The maximum atomic E-state index is 13.1. The summed E-state index contributed by atoms with van der Waals surface area (Å²) in [5.41, 5.74) is 6.76. The van der Waals surface area contributed by atoms with Crippen molar-refractivity contribution in [1.29, 1.82) is 5.41 Å². The number of carbonyl (C=O) groups is 1. The van der Waals surface area contributed by atoms with Crippen molar-refractivity contribution in [3.63, 3.8) is 0 Å². The molecule has 1 aliphatic carbocycles. The molecule has 25 heavy (non-hydrogen) atoms. The average molecular weight is 357 g/mol. The predicted octanol–water partition coefficient (Wildman–Crippen LogP) is 3.76. The number of anilines is 1. The molecule has 132 valence electrons. The molecule has 0 unspecified atom stereocenters. The number of benzene rings is 1. The Labute approximate surface area is 153 Å². The molecule has 1 atom stereocenters. The standard InChI is InChI=1S/C19H23N3O2S/c1-12-14(18(23)22-13-8-4-2-5-9-13)19(10-6-3-7-11-19)15(17(21)25)16(20)24-12/h2,4-5,8-9,15,20H,3,6-7,10-11H2,1H3,(H2,21,25)(H,22,23)/t15-/m1/s1. The summed E-state index contributed by atoms with van der Waals surface area (Å²) in [5, 5.41) is 11.2. The molecule has 0 aromatic heterocycles. The number of hydrogen-bond donors (Lipinski definition) is 3. The Balaban J connectivity index is 2.04. The van der Waals surface area contributed by atoms with Gasteiger partial charge in [0.25, 0.3) is 5.91 Å². The van der Waals surface area contributed by atoms with Gasteiger partial charge in [0.05, 0.1) is 16.5 Å². The zero-order valence-electron chi connectivity index (χ0n) is 14.3. The van der Waals surface area contributed by atoms with Crippen molar-refractivity contribution in [2.75, 3.05) is 5.32 Å². The summed E-state index contributed by atoms with van der Waals surface area (Å²) in [6.07, 6.45) is 4.67. The first kappa shape index (κ1) is 17.6. The first-order chi connectivity index (χ1) is 12.0. The second-order valence-corrected chi connectivity index (χ2v) is 7.24. The third-order valence-corrected chi connectivity index (χ3v) is 5.45. The van der Waals surface area contributed by atoms with Gasteiger partial charge < -0.3 is 15.8 Å². The molecular formula is C19H23N3O2S. The molecule has 1 aromatic carbocycles. The third kappa shape index (κ3) is 3.18. The number of para-hydroxylation sites is 1. The van der Waals surface area contributed by atoms with Crippen molar-refractivity contribution >= 4 is 34.7 Å². The zero-order chi connectivity index (χ0) is 18.0. The molecule has 3 rings (SSSR count). The van der Waals surface area contributed by atoms with Crippen LogP contribution in [0.2, 0.25) is 0 Å². The number of allylic oxidation sites excluding steroid dienone is 1. The second kappa shape index (κ2) is 6.96.